The standard InChI is InChI=1S/C21H18F3N3O2/c1-4-5-13-11-15(6-8-16(13)22)21(18(28)27(3)20(25)26-21)14-7-9-17(12(2)10-14)29-19(23)24/h6-11,19H,1-3H3,(H2,25,26)/t21-/m1/s1. The van der Waals surface area contributed by atoms with Crippen molar-refractivity contribution >= 4 is 11.9 Å². The molecule has 1 atom stereocenters. The summed E-state index contributed by atoms with van der Waals surface area (Å²) in [5.74, 6) is 4.24. The van der Waals surface area contributed by atoms with Crippen LogP contribution in [0.5, 0.6) is 5.75 Å². The van der Waals surface area contributed by atoms with Crippen molar-refractivity contribution in [1.29, 1.82) is 0 Å². The number of carbonyl (C=O) groups excluding carboxylic acids is 1. The molecule has 2 aromatic rings. The van der Waals surface area contributed by atoms with Gasteiger partial charge in [-0.1, -0.05) is 18.1 Å². The number of aliphatic imine (C=N–C) groups is 1. The molecule has 150 valence electrons. The topological polar surface area (TPSA) is 67.9 Å². The third-order valence-electron chi connectivity index (χ3n) is 4.69. The molecular formula is C21H18F3N3O2. The van der Waals surface area contributed by atoms with Crippen molar-refractivity contribution in [2.24, 2.45) is 10.7 Å². The number of carbonyl (C=O) groups is 1. The highest BCUT2D eigenvalue weighted by Crippen LogP contribution is 2.41. The van der Waals surface area contributed by atoms with E-state index < -0.39 is 23.9 Å². The van der Waals surface area contributed by atoms with Crippen molar-refractivity contribution in [1.82, 2.24) is 4.90 Å². The van der Waals surface area contributed by atoms with E-state index in [2.05, 4.69) is 21.6 Å². The molecule has 0 aliphatic carbocycles. The molecular weight excluding hydrogens is 383 g/mol. The highest BCUT2D eigenvalue weighted by Gasteiger charge is 2.49. The highest BCUT2D eigenvalue weighted by molar-refractivity contribution is 6.09. The first kappa shape index (κ1) is 20.3. The number of ether oxygens (including phenoxy) is 1. The number of aryl methyl sites for hydroxylation is 1. The zero-order valence-corrected chi connectivity index (χ0v) is 16.0. The number of hydrogen-bond acceptors (Lipinski definition) is 4. The lowest BCUT2D eigenvalue weighted by molar-refractivity contribution is -0.129. The molecule has 3 rings (SSSR count). The maximum absolute atomic E-state index is 14.1. The van der Waals surface area contributed by atoms with E-state index in [0.717, 1.165) is 0 Å². The summed E-state index contributed by atoms with van der Waals surface area (Å²) >= 11 is 0. The van der Waals surface area contributed by atoms with E-state index in [9.17, 15) is 18.0 Å². The number of amides is 1. The summed E-state index contributed by atoms with van der Waals surface area (Å²) in [6, 6.07) is 8.41. The molecule has 2 aromatic carbocycles. The predicted octanol–water partition coefficient (Wildman–Crippen LogP) is 3.14. The van der Waals surface area contributed by atoms with Crippen LogP contribution in [0.3, 0.4) is 0 Å². The van der Waals surface area contributed by atoms with Gasteiger partial charge >= 0.3 is 6.61 Å². The van der Waals surface area contributed by atoms with Crippen LogP contribution >= 0.6 is 0 Å². The summed E-state index contributed by atoms with van der Waals surface area (Å²) in [7, 11) is 1.47. The van der Waals surface area contributed by atoms with Gasteiger partial charge in [-0.05, 0) is 54.8 Å². The Labute approximate surface area is 166 Å². The van der Waals surface area contributed by atoms with Crippen molar-refractivity contribution < 1.29 is 22.7 Å². The minimum Gasteiger partial charge on any atom is -0.435 e. The summed E-state index contributed by atoms with van der Waals surface area (Å²) in [6.07, 6.45) is 0. The molecule has 0 aromatic heterocycles. The number of nitrogens with two attached hydrogens (primary N) is 1. The highest BCUT2D eigenvalue weighted by atomic mass is 19.3. The predicted molar refractivity (Wildman–Crippen MR) is 102 cm³/mol. The lowest BCUT2D eigenvalue weighted by atomic mass is 9.81. The number of rotatable bonds is 4. The van der Waals surface area contributed by atoms with Crippen LogP contribution < -0.4 is 10.5 Å². The molecule has 0 unspecified atom stereocenters. The molecule has 0 saturated heterocycles. The molecule has 0 bridgehead atoms. The van der Waals surface area contributed by atoms with Crippen LogP contribution in [0.4, 0.5) is 13.2 Å². The molecule has 0 saturated carbocycles. The fraction of sp³-hybridized carbons (Fsp3) is 0.238. The van der Waals surface area contributed by atoms with Crippen LogP contribution in [0.15, 0.2) is 41.4 Å². The second-order valence-electron chi connectivity index (χ2n) is 6.47. The minimum atomic E-state index is -2.98. The van der Waals surface area contributed by atoms with Crippen LogP contribution in [-0.4, -0.2) is 30.4 Å². The van der Waals surface area contributed by atoms with Crippen LogP contribution in [0.25, 0.3) is 0 Å². The molecule has 1 aliphatic heterocycles. The van der Waals surface area contributed by atoms with Crippen molar-refractivity contribution in [2.75, 3.05) is 7.05 Å². The Morgan fingerprint density at radius 2 is 1.86 bits per heavy atom. The minimum absolute atomic E-state index is 0.0204. The maximum Gasteiger partial charge on any atom is 0.387 e. The van der Waals surface area contributed by atoms with E-state index in [-0.39, 0.29) is 17.3 Å². The monoisotopic (exact) mass is 401 g/mol. The number of guanidine groups is 1. The Morgan fingerprint density at radius 3 is 2.41 bits per heavy atom. The molecule has 0 fully saturated rings. The molecule has 1 aliphatic rings. The van der Waals surface area contributed by atoms with Gasteiger partial charge in [0.1, 0.15) is 11.6 Å². The third-order valence-corrected chi connectivity index (χ3v) is 4.69. The van der Waals surface area contributed by atoms with Crippen LogP contribution in [-0.2, 0) is 10.3 Å². The fourth-order valence-electron chi connectivity index (χ4n) is 3.27. The molecule has 8 heteroatoms. The van der Waals surface area contributed by atoms with Crippen LogP contribution in [0, 0.1) is 24.6 Å². The van der Waals surface area contributed by atoms with Crippen molar-refractivity contribution in [3.8, 4) is 17.6 Å². The summed E-state index contributed by atoms with van der Waals surface area (Å²) in [5.41, 5.74) is 5.55. The molecule has 5 nitrogen and oxygen atoms in total. The normalized spacial score (nSPS) is 18.5. The van der Waals surface area contributed by atoms with Gasteiger partial charge in [-0.2, -0.15) is 8.78 Å². The van der Waals surface area contributed by atoms with E-state index in [1.165, 1.54) is 48.3 Å². The lowest BCUT2D eigenvalue weighted by Crippen LogP contribution is -2.41. The van der Waals surface area contributed by atoms with Gasteiger partial charge in [-0.25, -0.2) is 9.38 Å². The van der Waals surface area contributed by atoms with Gasteiger partial charge in [0.2, 0.25) is 0 Å². The van der Waals surface area contributed by atoms with Crippen molar-refractivity contribution in [3.63, 3.8) is 0 Å². The van der Waals surface area contributed by atoms with Gasteiger partial charge in [-0.15, -0.1) is 5.92 Å². The summed E-state index contributed by atoms with van der Waals surface area (Å²) in [5, 5.41) is 0. The Hall–Kier alpha value is -3.47. The zero-order valence-electron chi connectivity index (χ0n) is 16.0. The van der Waals surface area contributed by atoms with E-state index in [0.29, 0.717) is 16.7 Å². The molecule has 1 heterocycles. The third kappa shape index (κ3) is 3.40. The Balaban J connectivity index is 2.25. The van der Waals surface area contributed by atoms with Crippen LogP contribution in [0.2, 0.25) is 0 Å². The van der Waals surface area contributed by atoms with Gasteiger partial charge in [0.15, 0.2) is 11.5 Å². The van der Waals surface area contributed by atoms with Gasteiger partial charge in [-0.3, -0.25) is 9.69 Å². The summed E-state index contributed by atoms with van der Waals surface area (Å²) in [6.45, 7) is 0.162. The van der Waals surface area contributed by atoms with Crippen molar-refractivity contribution in [3.05, 3.63) is 64.5 Å². The summed E-state index contributed by atoms with van der Waals surface area (Å²) in [4.78, 5) is 18.8. The quantitative estimate of drug-likeness (QED) is 0.801. The Kier molecular flexibility index (Phi) is 5.25. The van der Waals surface area contributed by atoms with Crippen LogP contribution in [0.1, 0.15) is 29.2 Å². The second-order valence-corrected chi connectivity index (χ2v) is 6.47. The molecule has 2 N–H and O–H groups in total. The van der Waals surface area contributed by atoms with E-state index in [1.54, 1.807) is 13.8 Å². The lowest BCUT2D eigenvalue weighted by Gasteiger charge is -2.27. The Bertz CT molecular complexity index is 1070. The van der Waals surface area contributed by atoms with E-state index >= 15 is 0 Å². The smallest absolute Gasteiger partial charge is 0.387 e. The first-order valence-electron chi connectivity index (χ1n) is 8.63. The van der Waals surface area contributed by atoms with Crippen molar-refractivity contribution in [2.45, 2.75) is 26.0 Å². The average Bonchev–Trinajstić information content (AvgIpc) is 2.90. The average molecular weight is 401 g/mol. The number of hydrogen-bond donors (Lipinski definition) is 1. The van der Waals surface area contributed by atoms with Gasteiger partial charge in [0, 0.05) is 7.05 Å². The number of alkyl halides is 2. The Morgan fingerprint density at radius 1 is 1.21 bits per heavy atom. The molecule has 1 amide bonds. The SMILES string of the molecule is CC#Cc1cc([C@@]2(c3ccc(OC(F)F)c(C)c3)N=C(N)N(C)C2=O)ccc1F. The fourth-order valence-corrected chi connectivity index (χ4v) is 3.27. The molecule has 29 heavy (non-hydrogen) atoms. The number of likely N-dealkylation sites (N-methyl/N-ethyl adjacent to an activating group) is 1. The second kappa shape index (κ2) is 7.51. The maximum atomic E-state index is 14.1. The van der Waals surface area contributed by atoms with Gasteiger partial charge in [0.05, 0.1) is 5.56 Å². The zero-order chi connectivity index (χ0) is 21.3. The summed E-state index contributed by atoms with van der Waals surface area (Å²) < 4.78 is 43.8. The first-order valence-corrected chi connectivity index (χ1v) is 8.63. The number of halogens is 3. The van der Waals surface area contributed by atoms with E-state index in [4.69, 9.17) is 5.73 Å². The van der Waals surface area contributed by atoms with Gasteiger partial charge < -0.3 is 10.5 Å². The molecule has 0 spiro atoms. The molecule has 0 radical (unpaired) electrons. The van der Waals surface area contributed by atoms with Gasteiger partial charge in [0.25, 0.3) is 5.91 Å². The van der Waals surface area contributed by atoms with E-state index in [1.807, 2.05) is 0 Å². The number of nitrogens with zero attached hydrogens (tertiary/aromatic N) is 2. The first-order chi connectivity index (χ1) is 13.7. The number of benzene rings is 2. The largest absolute Gasteiger partial charge is 0.435 e.